The third-order valence-corrected chi connectivity index (χ3v) is 5.15. The van der Waals surface area contributed by atoms with E-state index in [1.54, 1.807) is 24.5 Å². The van der Waals surface area contributed by atoms with E-state index in [1.165, 1.54) is 6.07 Å². The lowest BCUT2D eigenvalue weighted by Crippen LogP contribution is -2.51. The number of aromatic nitrogens is 2. The topological polar surface area (TPSA) is 41.5 Å². The number of anilines is 2. The van der Waals surface area contributed by atoms with Crippen LogP contribution in [0.15, 0.2) is 42.9 Å². The van der Waals surface area contributed by atoms with Gasteiger partial charge in [-0.25, -0.2) is 9.37 Å². The Morgan fingerprint density at radius 2 is 2.04 bits per heavy atom. The lowest BCUT2D eigenvalue weighted by atomic mass is 9.80. The van der Waals surface area contributed by atoms with E-state index in [1.807, 2.05) is 12.3 Å². The van der Waals surface area contributed by atoms with Crippen molar-refractivity contribution in [3.05, 3.63) is 48.7 Å². The molecule has 5 nitrogen and oxygen atoms in total. The van der Waals surface area contributed by atoms with Gasteiger partial charge in [-0.05, 0) is 31.0 Å². The predicted molar refractivity (Wildman–Crippen MR) is 95.3 cm³/mol. The van der Waals surface area contributed by atoms with Gasteiger partial charge in [0.15, 0.2) is 0 Å². The number of rotatable bonds is 2. The Morgan fingerprint density at radius 3 is 2.88 bits per heavy atom. The van der Waals surface area contributed by atoms with Gasteiger partial charge in [-0.15, -0.1) is 0 Å². The second kappa shape index (κ2) is 6.96. The fraction of sp³-hybridized carbons (Fsp3) is 0.474. The Hall–Kier alpha value is -2.21. The average Bonchev–Trinajstić information content (AvgIpc) is 2.85. The first-order valence-electron chi connectivity index (χ1n) is 8.83. The Bertz CT molecular complexity index is 714. The zero-order valence-electron chi connectivity index (χ0n) is 14.3. The highest BCUT2D eigenvalue weighted by atomic mass is 19.1. The van der Waals surface area contributed by atoms with Crippen molar-refractivity contribution in [2.75, 3.05) is 49.2 Å². The smallest absolute Gasteiger partial charge is 0.147 e. The van der Waals surface area contributed by atoms with E-state index in [-0.39, 0.29) is 11.2 Å². The molecule has 0 aliphatic carbocycles. The minimum absolute atomic E-state index is 0.0264. The van der Waals surface area contributed by atoms with Gasteiger partial charge < -0.3 is 14.5 Å². The van der Waals surface area contributed by atoms with Crippen molar-refractivity contribution >= 4 is 11.5 Å². The second-order valence-corrected chi connectivity index (χ2v) is 7.04. The number of ether oxygens (including phenoxy) is 1. The standard InChI is InChI=1S/C19H23FN4O/c20-16-3-1-4-17(11-16)23-9-10-25-15-19(13-23)5-2-8-24(14-19)18-12-21-6-7-22-18/h1,3-4,6-7,11-12H,2,5,8-10,13-15H2/t19-/m1/s1. The Morgan fingerprint density at radius 1 is 1.12 bits per heavy atom. The largest absolute Gasteiger partial charge is 0.379 e. The highest BCUT2D eigenvalue weighted by molar-refractivity contribution is 5.47. The summed E-state index contributed by atoms with van der Waals surface area (Å²) in [6.07, 6.45) is 7.45. The molecular weight excluding hydrogens is 319 g/mol. The Labute approximate surface area is 147 Å². The number of benzene rings is 1. The number of hydrogen-bond acceptors (Lipinski definition) is 5. The molecule has 132 valence electrons. The maximum Gasteiger partial charge on any atom is 0.147 e. The number of hydrogen-bond donors (Lipinski definition) is 0. The van der Waals surface area contributed by atoms with Gasteiger partial charge in [0, 0.05) is 49.7 Å². The summed E-state index contributed by atoms with van der Waals surface area (Å²) in [7, 11) is 0. The molecule has 1 aromatic carbocycles. The van der Waals surface area contributed by atoms with E-state index in [2.05, 4.69) is 19.8 Å². The maximum atomic E-state index is 13.7. The normalized spacial score (nSPS) is 24.4. The molecule has 0 N–H and O–H groups in total. The van der Waals surface area contributed by atoms with Gasteiger partial charge in [0.05, 0.1) is 19.4 Å². The van der Waals surface area contributed by atoms with Crippen LogP contribution in [0.2, 0.25) is 0 Å². The van der Waals surface area contributed by atoms with Crippen LogP contribution in [0.25, 0.3) is 0 Å². The molecule has 0 bridgehead atoms. The third kappa shape index (κ3) is 3.58. The molecule has 1 atom stereocenters. The molecule has 0 radical (unpaired) electrons. The summed E-state index contributed by atoms with van der Waals surface area (Å²) < 4.78 is 19.6. The van der Waals surface area contributed by atoms with E-state index < -0.39 is 0 Å². The fourth-order valence-electron chi connectivity index (χ4n) is 3.99. The molecule has 2 saturated heterocycles. The summed E-state index contributed by atoms with van der Waals surface area (Å²) in [4.78, 5) is 13.2. The van der Waals surface area contributed by atoms with Crippen molar-refractivity contribution in [2.45, 2.75) is 12.8 Å². The molecule has 4 rings (SSSR count). The van der Waals surface area contributed by atoms with E-state index in [4.69, 9.17) is 4.74 Å². The van der Waals surface area contributed by atoms with E-state index in [9.17, 15) is 4.39 Å². The van der Waals surface area contributed by atoms with Crippen LogP contribution in [-0.2, 0) is 4.74 Å². The van der Waals surface area contributed by atoms with E-state index in [0.29, 0.717) is 6.61 Å². The Balaban J connectivity index is 1.57. The monoisotopic (exact) mass is 342 g/mol. The molecule has 2 aliphatic heterocycles. The second-order valence-electron chi connectivity index (χ2n) is 7.04. The van der Waals surface area contributed by atoms with Crippen LogP contribution in [0.3, 0.4) is 0 Å². The first-order valence-corrected chi connectivity index (χ1v) is 8.83. The molecule has 2 aromatic rings. The minimum Gasteiger partial charge on any atom is -0.379 e. The molecule has 0 saturated carbocycles. The zero-order chi connectivity index (χ0) is 17.1. The van der Waals surface area contributed by atoms with Crippen LogP contribution in [0.5, 0.6) is 0 Å². The molecule has 6 heteroatoms. The lowest BCUT2D eigenvalue weighted by Gasteiger charge is -2.44. The molecule has 1 aromatic heterocycles. The maximum absolute atomic E-state index is 13.7. The molecule has 0 unspecified atom stereocenters. The van der Waals surface area contributed by atoms with Gasteiger partial charge >= 0.3 is 0 Å². The number of piperidine rings is 1. The van der Waals surface area contributed by atoms with Crippen LogP contribution in [-0.4, -0.2) is 49.4 Å². The van der Waals surface area contributed by atoms with Gasteiger partial charge in [0.1, 0.15) is 11.6 Å². The lowest BCUT2D eigenvalue weighted by molar-refractivity contribution is 0.0597. The summed E-state index contributed by atoms with van der Waals surface area (Å²) in [6.45, 7) is 4.93. The van der Waals surface area contributed by atoms with Crippen molar-refractivity contribution in [1.29, 1.82) is 0 Å². The van der Waals surface area contributed by atoms with Gasteiger partial charge in [0.25, 0.3) is 0 Å². The molecule has 0 amide bonds. The highest BCUT2D eigenvalue weighted by Gasteiger charge is 2.39. The quantitative estimate of drug-likeness (QED) is 0.839. The number of halogens is 1. The predicted octanol–water partition coefficient (Wildman–Crippen LogP) is 2.74. The molecule has 25 heavy (non-hydrogen) atoms. The van der Waals surface area contributed by atoms with Crippen LogP contribution in [0.1, 0.15) is 12.8 Å². The fourth-order valence-corrected chi connectivity index (χ4v) is 3.99. The van der Waals surface area contributed by atoms with Crippen molar-refractivity contribution in [3.63, 3.8) is 0 Å². The van der Waals surface area contributed by atoms with Gasteiger partial charge in [-0.3, -0.25) is 4.98 Å². The first kappa shape index (κ1) is 16.3. The van der Waals surface area contributed by atoms with Gasteiger partial charge in [0.2, 0.25) is 0 Å². The van der Waals surface area contributed by atoms with Gasteiger partial charge in [-0.2, -0.15) is 0 Å². The van der Waals surface area contributed by atoms with E-state index in [0.717, 1.165) is 57.1 Å². The summed E-state index contributed by atoms with van der Waals surface area (Å²) >= 11 is 0. The number of nitrogens with zero attached hydrogens (tertiary/aromatic N) is 4. The first-order chi connectivity index (χ1) is 12.2. The van der Waals surface area contributed by atoms with Crippen molar-refractivity contribution < 1.29 is 9.13 Å². The molecule has 2 aliphatic rings. The Kier molecular flexibility index (Phi) is 4.53. The van der Waals surface area contributed by atoms with E-state index >= 15 is 0 Å². The van der Waals surface area contributed by atoms with Crippen LogP contribution in [0, 0.1) is 11.2 Å². The summed E-state index contributed by atoms with van der Waals surface area (Å²) in [5.41, 5.74) is 0.958. The van der Waals surface area contributed by atoms with Crippen molar-refractivity contribution in [2.24, 2.45) is 5.41 Å². The third-order valence-electron chi connectivity index (χ3n) is 5.15. The van der Waals surface area contributed by atoms with Crippen LogP contribution < -0.4 is 9.80 Å². The van der Waals surface area contributed by atoms with Crippen molar-refractivity contribution in [3.8, 4) is 0 Å². The highest BCUT2D eigenvalue weighted by Crippen LogP contribution is 2.35. The van der Waals surface area contributed by atoms with Gasteiger partial charge in [-0.1, -0.05) is 6.07 Å². The molecular formula is C19H23FN4O. The molecule has 2 fully saturated rings. The minimum atomic E-state index is -0.193. The molecule has 1 spiro atoms. The molecule has 3 heterocycles. The SMILES string of the molecule is Fc1cccc(N2CCOC[C@]3(CCCN(c4cnccn4)C3)C2)c1. The van der Waals surface area contributed by atoms with Crippen LogP contribution in [0.4, 0.5) is 15.9 Å². The zero-order valence-corrected chi connectivity index (χ0v) is 14.3. The summed E-state index contributed by atoms with van der Waals surface area (Å²) in [5, 5.41) is 0. The van der Waals surface area contributed by atoms with Crippen LogP contribution >= 0.6 is 0 Å². The summed E-state index contributed by atoms with van der Waals surface area (Å²) in [6, 6.07) is 6.85. The average molecular weight is 342 g/mol. The van der Waals surface area contributed by atoms with Crippen molar-refractivity contribution in [1.82, 2.24) is 9.97 Å². The summed E-state index contributed by atoms with van der Waals surface area (Å²) in [5.74, 6) is 0.727.